The lowest BCUT2D eigenvalue weighted by atomic mass is 10.1. The van der Waals surface area contributed by atoms with Gasteiger partial charge >= 0.3 is 6.18 Å². The van der Waals surface area contributed by atoms with Crippen LogP contribution in [-0.4, -0.2) is 11.1 Å². The normalized spacial score (nSPS) is 11.5. The van der Waals surface area contributed by atoms with E-state index in [1.54, 1.807) is 12.1 Å². The molecule has 0 radical (unpaired) electrons. The Hall–Kier alpha value is -2.07. The fraction of sp³-hybridized carbons (Fsp3) is 0.182. The van der Waals surface area contributed by atoms with Gasteiger partial charge in [-0.15, -0.1) is 0 Å². The Balaban J connectivity index is 2.44. The van der Waals surface area contributed by atoms with Crippen LogP contribution < -0.4 is 0 Å². The smallest absolute Gasteiger partial charge is 0.351 e. The van der Waals surface area contributed by atoms with Crippen LogP contribution >= 0.6 is 0 Å². The third kappa shape index (κ3) is 2.37. The predicted molar refractivity (Wildman–Crippen MR) is 55.1 cm³/mol. The molecule has 0 unspecified atom stereocenters. The largest absolute Gasteiger partial charge is 0.431 e. The van der Waals surface area contributed by atoms with Gasteiger partial charge in [0.05, 0.1) is 6.54 Å². The Kier molecular flexibility index (Phi) is 2.73. The van der Waals surface area contributed by atoms with Gasteiger partial charge in [-0.2, -0.15) is 13.2 Å². The molecule has 88 valence electrons. The summed E-state index contributed by atoms with van der Waals surface area (Å²) in [6.07, 6.45) is -3.01. The Morgan fingerprint density at radius 2 is 2.06 bits per heavy atom. The minimum Gasteiger partial charge on any atom is -0.351 e. The van der Waals surface area contributed by atoms with E-state index in [0.29, 0.717) is 16.5 Å². The van der Waals surface area contributed by atoms with Crippen molar-refractivity contribution < 1.29 is 18.0 Å². The molecule has 1 aromatic heterocycles. The number of H-pyrrole nitrogens is 1. The zero-order valence-corrected chi connectivity index (χ0v) is 8.51. The zero-order valence-electron chi connectivity index (χ0n) is 8.51. The fourth-order valence-corrected chi connectivity index (χ4v) is 1.56. The Bertz CT molecular complexity index is 594. The molecule has 6 heteroatoms. The number of fused-ring (bicyclic) bond motifs is 1. The number of hydrogen-bond acceptors (Lipinski definition) is 2. The van der Waals surface area contributed by atoms with Crippen molar-refractivity contribution in [3.63, 3.8) is 0 Å². The van der Waals surface area contributed by atoms with Gasteiger partial charge in [0.1, 0.15) is 5.69 Å². The van der Waals surface area contributed by atoms with Crippen molar-refractivity contribution in [2.75, 3.05) is 0 Å². The van der Waals surface area contributed by atoms with Gasteiger partial charge in [0.25, 0.3) is 0 Å². The number of nitrogens with zero attached hydrogens (tertiary/aromatic N) is 1. The molecule has 2 aromatic rings. The number of aromatic nitrogens is 1. The Morgan fingerprint density at radius 1 is 1.29 bits per heavy atom. The standard InChI is InChI=1S/C11H7F3N2O/c12-11(13,14)10-4-8-3-7(5-15-6-17)1-2-9(8)16-10/h1-4,16H,5H2. The number of aliphatic imine (C=N–C) groups is 1. The molecule has 0 saturated heterocycles. The van der Waals surface area contributed by atoms with Gasteiger partial charge in [-0.3, -0.25) is 0 Å². The molecular weight excluding hydrogens is 233 g/mol. The van der Waals surface area contributed by atoms with E-state index in [1.807, 2.05) is 0 Å². The van der Waals surface area contributed by atoms with Crippen LogP contribution in [0.3, 0.4) is 0 Å². The number of benzene rings is 1. The van der Waals surface area contributed by atoms with Gasteiger partial charge in [-0.1, -0.05) is 6.07 Å². The molecule has 0 aliphatic rings. The SMILES string of the molecule is O=C=NCc1ccc2[nH]c(C(F)(F)F)cc2c1. The lowest BCUT2D eigenvalue weighted by molar-refractivity contribution is -0.140. The predicted octanol–water partition coefficient (Wildman–Crippen LogP) is 3.02. The lowest BCUT2D eigenvalue weighted by Crippen LogP contribution is -2.04. The van der Waals surface area contributed by atoms with E-state index in [2.05, 4.69) is 9.98 Å². The molecule has 0 bridgehead atoms. The first-order valence-electron chi connectivity index (χ1n) is 4.73. The van der Waals surface area contributed by atoms with Gasteiger partial charge < -0.3 is 4.98 Å². The number of aromatic amines is 1. The van der Waals surface area contributed by atoms with Crippen molar-refractivity contribution in [1.29, 1.82) is 0 Å². The van der Waals surface area contributed by atoms with Gasteiger partial charge in [-0.05, 0) is 23.8 Å². The molecule has 0 fully saturated rings. The van der Waals surface area contributed by atoms with E-state index in [-0.39, 0.29) is 6.54 Å². The second-order valence-electron chi connectivity index (χ2n) is 3.51. The minimum atomic E-state index is -4.39. The summed E-state index contributed by atoms with van der Waals surface area (Å²) < 4.78 is 37.3. The molecule has 0 aliphatic heterocycles. The topological polar surface area (TPSA) is 45.2 Å². The second-order valence-corrected chi connectivity index (χ2v) is 3.51. The second kappa shape index (κ2) is 4.07. The number of carbonyl (C=O) groups excluding carboxylic acids is 1. The molecule has 1 N–H and O–H groups in total. The zero-order chi connectivity index (χ0) is 12.5. The van der Waals surface area contributed by atoms with Crippen LogP contribution in [0.15, 0.2) is 29.3 Å². The molecule has 0 aliphatic carbocycles. The number of alkyl halides is 3. The van der Waals surface area contributed by atoms with Crippen LogP contribution in [0, 0.1) is 0 Å². The summed E-state index contributed by atoms with van der Waals surface area (Å²) in [5, 5.41) is 0.441. The molecule has 17 heavy (non-hydrogen) atoms. The quantitative estimate of drug-likeness (QED) is 0.636. The van der Waals surface area contributed by atoms with Crippen molar-refractivity contribution in [1.82, 2.24) is 4.98 Å². The Labute approximate surface area is 94.0 Å². The van der Waals surface area contributed by atoms with Crippen LogP contribution in [0.25, 0.3) is 10.9 Å². The Morgan fingerprint density at radius 3 is 2.71 bits per heavy atom. The van der Waals surface area contributed by atoms with Crippen molar-refractivity contribution in [3.8, 4) is 0 Å². The number of halogens is 3. The molecule has 0 saturated carbocycles. The maximum Gasteiger partial charge on any atom is 0.431 e. The molecule has 1 heterocycles. The number of hydrogen-bond donors (Lipinski definition) is 1. The molecule has 0 atom stereocenters. The van der Waals surface area contributed by atoms with E-state index in [1.165, 1.54) is 12.1 Å². The molecule has 2 rings (SSSR count). The van der Waals surface area contributed by atoms with Gasteiger partial charge in [0, 0.05) is 10.9 Å². The highest BCUT2D eigenvalue weighted by Crippen LogP contribution is 2.31. The maximum absolute atomic E-state index is 12.4. The summed E-state index contributed by atoms with van der Waals surface area (Å²) in [6, 6.07) is 5.73. The van der Waals surface area contributed by atoms with Crippen LogP contribution in [0.5, 0.6) is 0 Å². The molecule has 1 aromatic carbocycles. The summed E-state index contributed by atoms with van der Waals surface area (Å²) in [4.78, 5) is 15.6. The van der Waals surface area contributed by atoms with E-state index in [0.717, 1.165) is 6.07 Å². The third-order valence-corrected chi connectivity index (χ3v) is 2.32. The first kappa shape index (κ1) is 11.4. The summed E-state index contributed by atoms with van der Waals surface area (Å²) in [7, 11) is 0. The summed E-state index contributed by atoms with van der Waals surface area (Å²) >= 11 is 0. The van der Waals surface area contributed by atoms with Crippen LogP contribution in [0.1, 0.15) is 11.3 Å². The maximum atomic E-state index is 12.4. The van der Waals surface area contributed by atoms with Gasteiger partial charge in [0.15, 0.2) is 0 Å². The average Bonchev–Trinajstić information content (AvgIpc) is 2.68. The van der Waals surface area contributed by atoms with E-state index >= 15 is 0 Å². The summed E-state index contributed by atoms with van der Waals surface area (Å²) in [6.45, 7) is 0.117. The highest BCUT2D eigenvalue weighted by molar-refractivity contribution is 5.81. The number of isocyanates is 1. The highest BCUT2D eigenvalue weighted by atomic mass is 19.4. The van der Waals surface area contributed by atoms with Crippen LogP contribution in [0.4, 0.5) is 13.2 Å². The third-order valence-electron chi connectivity index (χ3n) is 2.32. The molecule has 0 amide bonds. The first-order valence-corrected chi connectivity index (χ1v) is 4.73. The fourth-order valence-electron chi connectivity index (χ4n) is 1.56. The van der Waals surface area contributed by atoms with Gasteiger partial charge in [-0.25, -0.2) is 9.79 Å². The van der Waals surface area contributed by atoms with E-state index < -0.39 is 11.9 Å². The van der Waals surface area contributed by atoms with Crippen molar-refractivity contribution in [2.24, 2.45) is 4.99 Å². The van der Waals surface area contributed by atoms with Crippen molar-refractivity contribution in [3.05, 3.63) is 35.5 Å². The lowest BCUT2D eigenvalue weighted by Gasteiger charge is -2.00. The monoisotopic (exact) mass is 240 g/mol. The molecular formula is C11H7F3N2O. The van der Waals surface area contributed by atoms with Crippen molar-refractivity contribution >= 4 is 17.0 Å². The molecule has 3 nitrogen and oxygen atoms in total. The summed E-state index contributed by atoms with van der Waals surface area (Å²) in [5.41, 5.74) is 0.272. The highest BCUT2D eigenvalue weighted by Gasteiger charge is 2.32. The first-order chi connectivity index (χ1) is 8.00. The molecule has 0 spiro atoms. The van der Waals surface area contributed by atoms with Crippen LogP contribution in [-0.2, 0) is 17.5 Å². The number of rotatable bonds is 2. The average molecular weight is 240 g/mol. The van der Waals surface area contributed by atoms with Gasteiger partial charge in [0.2, 0.25) is 6.08 Å². The summed E-state index contributed by atoms with van der Waals surface area (Å²) in [5.74, 6) is 0. The van der Waals surface area contributed by atoms with E-state index in [9.17, 15) is 18.0 Å². The minimum absolute atomic E-state index is 0.117. The number of nitrogens with one attached hydrogen (secondary N) is 1. The van der Waals surface area contributed by atoms with Crippen LogP contribution in [0.2, 0.25) is 0 Å². The van der Waals surface area contributed by atoms with E-state index in [4.69, 9.17) is 0 Å². The van der Waals surface area contributed by atoms with Crippen molar-refractivity contribution in [2.45, 2.75) is 12.7 Å².